The van der Waals surface area contributed by atoms with Crippen molar-refractivity contribution < 1.29 is 4.57 Å². The van der Waals surface area contributed by atoms with E-state index in [0.29, 0.717) is 0 Å². The molecular weight excluding hydrogens is 292 g/mol. The zero-order valence-electron chi connectivity index (χ0n) is 16.8. The number of aromatic nitrogens is 2. The molecule has 0 spiro atoms. The van der Waals surface area contributed by atoms with E-state index in [4.69, 9.17) is 0 Å². The molecule has 24 heavy (non-hydrogen) atoms. The topological polar surface area (TPSA) is 19.7 Å². The van der Waals surface area contributed by atoms with Gasteiger partial charge in [-0.3, -0.25) is 0 Å². The van der Waals surface area contributed by atoms with Gasteiger partial charge in [0.05, 0.1) is 12.5 Å². The van der Waals surface area contributed by atoms with E-state index < -0.39 is 0 Å². The first-order chi connectivity index (χ1) is 11.8. The summed E-state index contributed by atoms with van der Waals surface area (Å²) in [6.45, 7) is 8.03. The minimum absolute atomic E-state index is 0.736. The van der Waals surface area contributed by atoms with Crippen LogP contribution in [0, 0.1) is 0 Å². The van der Waals surface area contributed by atoms with Crippen molar-refractivity contribution in [2.45, 2.75) is 123 Å². The van der Waals surface area contributed by atoms with Gasteiger partial charge < -0.3 is 0 Å². The van der Waals surface area contributed by atoms with E-state index in [9.17, 15) is 0 Å². The third-order valence-electron chi connectivity index (χ3n) is 5.21. The molecule has 1 N–H and O–H groups in total. The molecule has 0 amide bonds. The normalized spacial score (nSPS) is 12.6. The Hall–Kier alpha value is -0.790. The van der Waals surface area contributed by atoms with Gasteiger partial charge in [0.25, 0.3) is 5.82 Å². The van der Waals surface area contributed by atoms with Crippen molar-refractivity contribution in [2.75, 3.05) is 0 Å². The SMILES string of the molecule is CCCCCCCC[C@H](CCCCCCC)c1[nH]cc[n+]1CCC. The summed E-state index contributed by atoms with van der Waals surface area (Å²) in [5, 5.41) is 0. The minimum atomic E-state index is 0.736. The maximum atomic E-state index is 3.57. The van der Waals surface area contributed by atoms with Crippen molar-refractivity contribution >= 4 is 0 Å². The van der Waals surface area contributed by atoms with Gasteiger partial charge in [-0.2, -0.15) is 0 Å². The first kappa shape index (κ1) is 21.3. The number of rotatable bonds is 16. The maximum absolute atomic E-state index is 3.57. The van der Waals surface area contributed by atoms with Crippen molar-refractivity contribution in [1.29, 1.82) is 0 Å². The van der Waals surface area contributed by atoms with E-state index in [1.165, 1.54) is 95.7 Å². The Morgan fingerprint density at radius 1 is 0.750 bits per heavy atom. The number of hydrogen-bond acceptors (Lipinski definition) is 0. The summed E-state index contributed by atoms with van der Waals surface area (Å²) < 4.78 is 2.47. The molecule has 0 bridgehead atoms. The van der Waals surface area contributed by atoms with E-state index in [1.807, 2.05) is 0 Å². The lowest BCUT2D eigenvalue weighted by molar-refractivity contribution is -0.704. The molecule has 1 rings (SSSR count). The van der Waals surface area contributed by atoms with Crippen molar-refractivity contribution in [3.8, 4) is 0 Å². The van der Waals surface area contributed by atoms with Crippen LogP contribution < -0.4 is 4.57 Å². The first-order valence-corrected chi connectivity index (χ1v) is 10.9. The highest BCUT2D eigenvalue weighted by Crippen LogP contribution is 2.26. The summed E-state index contributed by atoms with van der Waals surface area (Å²) in [4.78, 5) is 3.57. The third-order valence-corrected chi connectivity index (χ3v) is 5.21. The van der Waals surface area contributed by atoms with Crippen molar-refractivity contribution in [1.82, 2.24) is 4.98 Å². The molecule has 2 heteroatoms. The Morgan fingerprint density at radius 2 is 1.29 bits per heavy atom. The minimum Gasteiger partial charge on any atom is -0.247 e. The van der Waals surface area contributed by atoms with Gasteiger partial charge in [-0.15, -0.1) is 0 Å². The summed E-state index contributed by atoms with van der Waals surface area (Å²) in [6, 6.07) is 0. The molecular formula is C22H43N2+. The van der Waals surface area contributed by atoms with Gasteiger partial charge in [0.1, 0.15) is 12.4 Å². The van der Waals surface area contributed by atoms with Crippen molar-refractivity contribution in [2.24, 2.45) is 0 Å². The van der Waals surface area contributed by atoms with Gasteiger partial charge in [0.2, 0.25) is 0 Å². The molecule has 0 aliphatic carbocycles. The van der Waals surface area contributed by atoms with Gasteiger partial charge in [0.15, 0.2) is 0 Å². The molecule has 0 saturated heterocycles. The largest absolute Gasteiger partial charge is 0.257 e. The standard InChI is InChI=1S/C22H42N2/c1-4-7-9-11-13-15-17-21(16-14-12-10-8-5-2)22-23-18-20-24(22)19-6-3/h18,20-21H,4-17,19H2,1-3H3/p+1/t21-/m0/s1. The molecule has 2 nitrogen and oxygen atoms in total. The maximum Gasteiger partial charge on any atom is 0.257 e. The molecule has 1 aromatic heterocycles. The van der Waals surface area contributed by atoms with Crippen LogP contribution in [-0.4, -0.2) is 4.98 Å². The second-order valence-electron chi connectivity index (χ2n) is 7.49. The van der Waals surface area contributed by atoms with Crippen LogP contribution in [0.5, 0.6) is 0 Å². The summed E-state index contributed by atoms with van der Waals surface area (Å²) >= 11 is 0. The summed E-state index contributed by atoms with van der Waals surface area (Å²) in [5.41, 5.74) is 0. The number of imidazole rings is 1. The van der Waals surface area contributed by atoms with Crippen LogP contribution in [0.25, 0.3) is 0 Å². The van der Waals surface area contributed by atoms with E-state index in [2.05, 4.69) is 42.7 Å². The van der Waals surface area contributed by atoms with Crippen molar-refractivity contribution in [3.05, 3.63) is 18.2 Å². The lowest BCUT2D eigenvalue weighted by Crippen LogP contribution is -2.37. The predicted molar refractivity (Wildman–Crippen MR) is 105 cm³/mol. The predicted octanol–water partition coefficient (Wildman–Crippen LogP) is 6.91. The summed E-state index contributed by atoms with van der Waals surface area (Å²) in [6.07, 6.45) is 23.7. The van der Waals surface area contributed by atoms with E-state index in [-0.39, 0.29) is 0 Å². The highest BCUT2D eigenvalue weighted by molar-refractivity contribution is 4.90. The lowest BCUT2D eigenvalue weighted by atomic mass is 9.93. The fourth-order valence-electron chi connectivity index (χ4n) is 3.75. The monoisotopic (exact) mass is 335 g/mol. The first-order valence-electron chi connectivity index (χ1n) is 10.9. The molecule has 0 unspecified atom stereocenters. The van der Waals surface area contributed by atoms with Crippen LogP contribution >= 0.6 is 0 Å². The fraction of sp³-hybridized carbons (Fsp3) is 0.864. The van der Waals surface area contributed by atoms with E-state index in [0.717, 1.165) is 12.5 Å². The molecule has 0 radical (unpaired) electrons. The van der Waals surface area contributed by atoms with Crippen LogP contribution in [0.3, 0.4) is 0 Å². The third kappa shape index (κ3) is 8.89. The van der Waals surface area contributed by atoms with Crippen LogP contribution in [0.4, 0.5) is 0 Å². The molecule has 140 valence electrons. The van der Waals surface area contributed by atoms with Crippen LogP contribution in [0.2, 0.25) is 0 Å². The molecule has 1 atom stereocenters. The van der Waals surface area contributed by atoms with Crippen LogP contribution in [0.1, 0.15) is 122 Å². The Kier molecular flexibility index (Phi) is 12.9. The number of nitrogens with zero attached hydrogens (tertiary/aromatic N) is 1. The Labute approximate surface area is 151 Å². The Balaban J connectivity index is 2.44. The van der Waals surface area contributed by atoms with E-state index >= 15 is 0 Å². The molecule has 0 aromatic carbocycles. The fourth-order valence-corrected chi connectivity index (χ4v) is 3.75. The average molecular weight is 336 g/mol. The number of H-pyrrole nitrogens is 1. The number of unbranched alkanes of at least 4 members (excludes halogenated alkanes) is 9. The molecule has 1 aromatic rings. The number of hydrogen-bond donors (Lipinski definition) is 1. The lowest BCUT2D eigenvalue weighted by Gasteiger charge is -2.14. The second-order valence-corrected chi connectivity index (χ2v) is 7.49. The van der Waals surface area contributed by atoms with Gasteiger partial charge in [-0.25, -0.2) is 9.55 Å². The molecule has 0 aliphatic heterocycles. The van der Waals surface area contributed by atoms with E-state index in [1.54, 1.807) is 0 Å². The molecule has 1 heterocycles. The zero-order chi connectivity index (χ0) is 17.5. The Morgan fingerprint density at radius 3 is 1.83 bits per heavy atom. The quantitative estimate of drug-likeness (QED) is 0.250. The van der Waals surface area contributed by atoms with Gasteiger partial charge >= 0.3 is 0 Å². The van der Waals surface area contributed by atoms with Gasteiger partial charge in [0, 0.05) is 0 Å². The second kappa shape index (κ2) is 14.5. The number of nitrogens with one attached hydrogen (secondary N) is 1. The van der Waals surface area contributed by atoms with Crippen LogP contribution in [-0.2, 0) is 6.54 Å². The van der Waals surface area contributed by atoms with Crippen LogP contribution in [0.15, 0.2) is 12.4 Å². The number of aromatic amines is 1. The Bertz CT molecular complexity index is 383. The van der Waals surface area contributed by atoms with Gasteiger partial charge in [-0.1, -0.05) is 91.4 Å². The zero-order valence-corrected chi connectivity index (χ0v) is 16.8. The molecule has 0 fully saturated rings. The number of aryl methyl sites for hydroxylation is 1. The highest BCUT2D eigenvalue weighted by atomic mass is 15.1. The molecule has 0 aliphatic rings. The summed E-state index contributed by atoms with van der Waals surface area (Å²) in [7, 11) is 0. The highest BCUT2D eigenvalue weighted by Gasteiger charge is 2.22. The molecule has 0 saturated carbocycles. The smallest absolute Gasteiger partial charge is 0.247 e. The average Bonchev–Trinajstić information content (AvgIpc) is 3.04. The van der Waals surface area contributed by atoms with Gasteiger partial charge in [-0.05, 0) is 19.3 Å². The summed E-state index contributed by atoms with van der Waals surface area (Å²) in [5.74, 6) is 2.22. The van der Waals surface area contributed by atoms with Crippen molar-refractivity contribution in [3.63, 3.8) is 0 Å².